The molecule has 1 aliphatic heterocycles. The minimum Gasteiger partial charge on any atom is -0.363 e. The van der Waals surface area contributed by atoms with Crippen LogP contribution in [0.1, 0.15) is 21.5 Å². The lowest BCUT2D eigenvalue weighted by Crippen LogP contribution is -2.45. The van der Waals surface area contributed by atoms with Gasteiger partial charge in [0.05, 0.1) is 0 Å². The highest BCUT2D eigenvalue weighted by Crippen LogP contribution is 2.44. The zero-order valence-electron chi connectivity index (χ0n) is 12.4. The maximum Gasteiger partial charge on any atom is 0.261 e. The molecule has 3 nitrogen and oxygen atoms in total. The van der Waals surface area contributed by atoms with Gasteiger partial charge < -0.3 is 5.11 Å². The highest BCUT2D eigenvalue weighted by Gasteiger charge is 2.50. The van der Waals surface area contributed by atoms with Gasteiger partial charge in [0.25, 0.3) is 5.91 Å². The number of amides is 1. The lowest BCUT2D eigenvalue weighted by Gasteiger charge is -2.34. The summed E-state index contributed by atoms with van der Waals surface area (Å²) >= 11 is 0. The average Bonchev–Trinajstić information content (AvgIpc) is 2.86. The maximum atomic E-state index is 13.0. The van der Waals surface area contributed by atoms with Crippen LogP contribution in [0.4, 0.5) is 5.69 Å². The average molecular weight is 301 g/mol. The first-order valence-corrected chi connectivity index (χ1v) is 7.50. The predicted molar refractivity (Wildman–Crippen MR) is 89.1 cm³/mol. The van der Waals surface area contributed by atoms with Gasteiger partial charge in [-0.2, -0.15) is 0 Å². The van der Waals surface area contributed by atoms with Crippen molar-refractivity contribution < 1.29 is 9.90 Å². The monoisotopic (exact) mass is 301 g/mol. The van der Waals surface area contributed by atoms with E-state index in [2.05, 4.69) is 0 Å². The highest BCUT2D eigenvalue weighted by molar-refractivity contribution is 6.12. The summed E-state index contributed by atoms with van der Waals surface area (Å²) in [6.45, 7) is 0. The molecule has 3 aromatic carbocycles. The Hall–Kier alpha value is -2.91. The summed E-state index contributed by atoms with van der Waals surface area (Å²) in [5.41, 5.74) is 0.973. The number of para-hydroxylation sites is 1. The van der Waals surface area contributed by atoms with Crippen molar-refractivity contribution in [2.24, 2.45) is 0 Å². The Balaban J connectivity index is 2.01. The Kier molecular flexibility index (Phi) is 3.03. The van der Waals surface area contributed by atoms with Crippen molar-refractivity contribution in [2.45, 2.75) is 5.72 Å². The van der Waals surface area contributed by atoms with Gasteiger partial charge in [-0.15, -0.1) is 0 Å². The number of nitrogens with zero attached hydrogens (tertiary/aromatic N) is 1. The maximum absolute atomic E-state index is 13.0. The van der Waals surface area contributed by atoms with Crippen LogP contribution in [-0.4, -0.2) is 11.0 Å². The van der Waals surface area contributed by atoms with E-state index in [-0.39, 0.29) is 5.91 Å². The van der Waals surface area contributed by atoms with Crippen LogP contribution in [0.15, 0.2) is 84.9 Å². The fourth-order valence-corrected chi connectivity index (χ4v) is 3.20. The van der Waals surface area contributed by atoms with E-state index in [1.807, 2.05) is 78.9 Å². The first-order chi connectivity index (χ1) is 11.2. The summed E-state index contributed by atoms with van der Waals surface area (Å²) in [5.74, 6) is -0.196. The van der Waals surface area contributed by atoms with Crippen LogP contribution in [-0.2, 0) is 5.72 Å². The molecule has 0 aromatic heterocycles. The second kappa shape index (κ2) is 5.07. The number of rotatable bonds is 2. The SMILES string of the molecule is O=C1c2ccccc2[C@@](O)(c2ccccc2)N1c1ccccc1. The van der Waals surface area contributed by atoms with Crippen LogP contribution in [0.5, 0.6) is 0 Å². The predicted octanol–water partition coefficient (Wildman–Crippen LogP) is 3.54. The van der Waals surface area contributed by atoms with Crippen molar-refractivity contribution in [1.29, 1.82) is 0 Å². The van der Waals surface area contributed by atoms with Gasteiger partial charge in [0.15, 0.2) is 5.72 Å². The Bertz CT molecular complexity index is 861. The minimum absolute atomic E-state index is 0.196. The van der Waals surface area contributed by atoms with Gasteiger partial charge in [-0.1, -0.05) is 66.7 Å². The topological polar surface area (TPSA) is 40.5 Å². The van der Waals surface area contributed by atoms with Crippen molar-refractivity contribution in [3.8, 4) is 0 Å². The molecule has 1 heterocycles. The Morgan fingerprint density at radius 1 is 0.739 bits per heavy atom. The number of aliphatic hydroxyl groups is 1. The Morgan fingerprint density at radius 2 is 1.30 bits per heavy atom. The van der Waals surface area contributed by atoms with Gasteiger partial charge in [0.2, 0.25) is 0 Å². The molecule has 1 aliphatic rings. The van der Waals surface area contributed by atoms with Crippen LogP contribution >= 0.6 is 0 Å². The smallest absolute Gasteiger partial charge is 0.261 e. The zero-order chi connectivity index (χ0) is 15.9. The Labute approximate surface area is 134 Å². The minimum atomic E-state index is -1.50. The van der Waals surface area contributed by atoms with Crippen LogP contribution in [0.3, 0.4) is 0 Å². The molecule has 0 bridgehead atoms. The van der Waals surface area contributed by atoms with Crippen molar-refractivity contribution in [3.05, 3.63) is 102 Å². The fourth-order valence-electron chi connectivity index (χ4n) is 3.20. The molecule has 1 atom stereocenters. The molecule has 1 N–H and O–H groups in total. The highest BCUT2D eigenvalue weighted by atomic mass is 16.3. The summed E-state index contributed by atoms with van der Waals surface area (Å²) in [6, 6.07) is 25.8. The number of carbonyl (C=O) groups excluding carboxylic acids is 1. The van der Waals surface area contributed by atoms with E-state index in [4.69, 9.17) is 0 Å². The van der Waals surface area contributed by atoms with E-state index >= 15 is 0 Å². The molecule has 0 radical (unpaired) electrons. The third-order valence-corrected chi connectivity index (χ3v) is 4.25. The van der Waals surface area contributed by atoms with Crippen molar-refractivity contribution in [2.75, 3.05) is 4.90 Å². The van der Waals surface area contributed by atoms with E-state index in [1.54, 1.807) is 6.07 Å². The molecule has 23 heavy (non-hydrogen) atoms. The molecule has 0 spiro atoms. The van der Waals surface area contributed by atoms with E-state index in [0.29, 0.717) is 22.4 Å². The van der Waals surface area contributed by atoms with Gasteiger partial charge in [-0.05, 0) is 18.2 Å². The normalized spacial score (nSPS) is 19.7. The first kappa shape index (κ1) is 13.7. The lowest BCUT2D eigenvalue weighted by molar-refractivity contribution is 0.0703. The van der Waals surface area contributed by atoms with Crippen LogP contribution < -0.4 is 4.90 Å². The quantitative estimate of drug-likeness (QED) is 0.786. The number of hydrogen-bond acceptors (Lipinski definition) is 2. The molecule has 0 unspecified atom stereocenters. The van der Waals surface area contributed by atoms with Crippen LogP contribution in [0.2, 0.25) is 0 Å². The van der Waals surface area contributed by atoms with Gasteiger partial charge in [-0.25, -0.2) is 0 Å². The molecule has 112 valence electrons. The fraction of sp³-hybridized carbons (Fsp3) is 0.0500. The summed E-state index contributed by atoms with van der Waals surface area (Å²) in [5, 5.41) is 11.6. The summed E-state index contributed by atoms with van der Waals surface area (Å²) < 4.78 is 0. The molecule has 4 rings (SSSR count). The summed E-state index contributed by atoms with van der Waals surface area (Å²) in [7, 11) is 0. The van der Waals surface area contributed by atoms with E-state index in [9.17, 15) is 9.90 Å². The number of anilines is 1. The van der Waals surface area contributed by atoms with Crippen molar-refractivity contribution >= 4 is 11.6 Å². The first-order valence-electron chi connectivity index (χ1n) is 7.50. The largest absolute Gasteiger partial charge is 0.363 e. The van der Waals surface area contributed by atoms with Crippen molar-refractivity contribution in [1.82, 2.24) is 0 Å². The molecule has 0 saturated heterocycles. The van der Waals surface area contributed by atoms with Crippen LogP contribution in [0.25, 0.3) is 0 Å². The molecule has 3 heteroatoms. The summed E-state index contributed by atoms with van der Waals surface area (Å²) in [4.78, 5) is 14.4. The molecule has 1 amide bonds. The van der Waals surface area contributed by atoms with Gasteiger partial charge >= 0.3 is 0 Å². The number of fused-ring (bicyclic) bond motifs is 1. The molecule has 3 aromatic rings. The molecule has 0 saturated carbocycles. The van der Waals surface area contributed by atoms with E-state index in [0.717, 1.165) is 0 Å². The van der Waals surface area contributed by atoms with Crippen molar-refractivity contribution in [3.63, 3.8) is 0 Å². The second-order valence-electron chi connectivity index (χ2n) is 5.56. The molecular formula is C20H15NO2. The third-order valence-electron chi connectivity index (χ3n) is 4.25. The van der Waals surface area contributed by atoms with Crippen LogP contribution in [0, 0.1) is 0 Å². The van der Waals surface area contributed by atoms with Gasteiger partial charge in [0.1, 0.15) is 0 Å². The zero-order valence-corrected chi connectivity index (χ0v) is 12.4. The van der Waals surface area contributed by atoms with E-state index < -0.39 is 5.72 Å². The molecule has 0 aliphatic carbocycles. The standard InChI is InChI=1S/C20H15NO2/c22-19-17-13-7-8-14-18(17)20(23,15-9-3-1-4-10-15)21(19)16-11-5-2-6-12-16/h1-14,23H/t20-/m0/s1. The summed E-state index contributed by atoms with van der Waals surface area (Å²) in [6.07, 6.45) is 0. The Morgan fingerprint density at radius 3 is 2.00 bits per heavy atom. The molecular weight excluding hydrogens is 286 g/mol. The number of benzene rings is 3. The number of carbonyl (C=O) groups is 1. The van der Waals surface area contributed by atoms with Gasteiger partial charge in [0, 0.05) is 22.4 Å². The molecule has 0 fully saturated rings. The number of hydrogen-bond donors (Lipinski definition) is 1. The van der Waals surface area contributed by atoms with E-state index in [1.165, 1.54) is 4.90 Å². The second-order valence-corrected chi connectivity index (χ2v) is 5.56. The lowest BCUT2D eigenvalue weighted by atomic mass is 9.93. The third kappa shape index (κ3) is 1.91. The van der Waals surface area contributed by atoms with Gasteiger partial charge in [-0.3, -0.25) is 9.69 Å².